The molecule has 0 spiro atoms. The second-order valence-electron chi connectivity index (χ2n) is 8.32. The molecule has 0 unspecified atom stereocenters. The first-order valence-corrected chi connectivity index (χ1v) is 13.4. The van der Waals surface area contributed by atoms with Gasteiger partial charge in [0.1, 0.15) is 5.01 Å². The number of thiazole rings is 1. The van der Waals surface area contributed by atoms with Gasteiger partial charge in [-0.25, -0.2) is 13.4 Å². The molecule has 0 bridgehead atoms. The summed E-state index contributed by atoms with van der Waals surface area (Å²) in [6.45, 7) is 1.79. The fraction of sp³-hybridized carbons (Fsp3) is 0.0769. The molecule has 1 aliphatic rings. The summed E-state index contributed by atoms with van der Waals surface area (Å²) < 4.78 is 26.5. The molecule has 186 valence electrons. The summed E-state index contributed by atoms with van der Waals surface area (Å²) in [5.74, 6) is -1.49. The van der Waals surface area contributed by atoms with Gasteiger partial charge < -0.3 is 16.4 Å². The van der Waals surface area contributed by atoms with Gasteiger partial charge in [0.15, 0.2) is 0 Å². The Bertz CT molecular complexity index is 1690. The summed E-state index contributed by atoms with van der Waals surface area (Å²) >= 11 is 1.38. The number of hydrogen-bond acceptors (Lipinski definition) is 7. The van der Waals surface area contributed by atoms with E-state index >= 15 is 0 Å². The monoisotopic (exact) mass is 532 g/mol. The van der Waals surface area contributed by atoms with Crippen LogP contribution in [0.25, 0.3) is 10.6 Å². The number of nitrogens with one attached hydrogen (secondary N) is 2. The van der Waals surface area contributed by atoms with E-state index in [9.17, 15) is 22.8 Å². The zero-order valence-corrected chi connectivity index (χ0v) is 21.1. The molecule has 5 rings (SSSR count). The second-order valence-corrected chi connectivity index (χ2v) is 11.3. The summed E-state index contributed by atoms with van der Waals surface area (Å²) in [6.07, 6.45) is 1.65. The first-order chi connectivity index (χ1) is 17.7. The molecule has 9 nitrogen and oxygen atoms in total. The normalized spacial score (nSPS) is 13.6. The van der Waals surface area contributed by atoms with Crippen LogP contribution < -0.4 is 16.4 Å². The van der Waals surface area contributed by atoms with E-state index in [1.807, 2.05) is 0 Å². The third-order valence-corrected chi connectivity index (χ3v) is 8.91. The second kappa shape index (κ2) is 9.26. The number of nitrogens with zero attached hydrogens (tertiary/aromatic N) is 1. The molecule has 0 atom stereocenters. The van der Waals surface area contributed by atoms with Crippen molar-refractivity contribution in [3.8, 4) is 10.6 Å². The number of carbonyl (C=O) groups is 3. The Balaban J connectivity index is 1.36. The number of sulfone groups is 1. The molecule has 0 saturated carbocycles. The minimum Gasteiger partial charge on any atom is -0.366 e. The van der Waals surface area contributed by atoms with E-state index in [2.05, 4.69) is 15.6 Å². The highest BCUT2D eigenvalue weighted by molar-refractivity contribution is 7.91. The Kier molecular flexibility index (Phi) is 6.10. The van der Waals surface area contributed by atoms with Gasteiger partial charge in [0.05, 0.1) is 27.6 Å². The molecule has 3 aromatic carbocycles. The summed E-state index contributed by atoms with van der Waals surface area (Å²) in [6, 6.07) is 15.5. The molecule has 4 aromatic rings. The van der Waals surface area contributed by atoms with Crippen molar-refractivity contribution in [1.82, 2.24) is 10.3 Å². The highest BCUT2D eigenvalue weighted by Gasteiger charge is 2.33. The SMILES string of the molecule is Cc1c(C(=O)NCc2cnc(-c3ccc(C(N)=O)cc3)s2)ccc2c1NC(=O)c1ccccc1S2(=O)=O. The highest BCUT2D eigenvalue weighted by Crippen LogP contribution is 2.36. The number of nitrogens with two attached hydrogens (primary N) is 1. The summed E-state index contributed by atoms with van der Waals surface area (Å²) in [5.41, 5.74) is 7.22. The average molecular weight is 533 g/mol. The summed E-state index contributed by atoms with van der Waals surface area (Å²) in [7, 11) is -3.97. The number of benzene rings is 3. The molecule has 11 heteroatoms. The van der Waals surface area contributed by atoms with Gasteiger partial charge in [-0.2, -0.15) is 0 Å². The van der Waals surface area contributed by atoms with Crippen molar-refractivity contribution in [2.75, 3.05) is 5.32 Å². The molecular formula is C26H20N4O5S2. The summed E-state index contributed by atoms with van der Waals surface area (Å²) in [5, 5.41) is 6.21. The zero-order valence-electron chi connectivity index (χ0n) is 19.4. The van der Waals surface area contributed by atoms with Gasteiger partial charge >= 0.3 is 0 Å². The number of aromatic nitrogens is 1. The number of carbonyl (C=O) groups excluding carboxylic acids is 3. The van der Waals surface area contributed by atoms with E-state index < -0.39 is 27.6 Å². The number of primary amides is 1. The molecule has 1 aromatic heterocycles. The van der Waals surface area contributed by atoms with Gasteiger partial charge in [0.2, 0.25) is 15.7 Å². The van der Waals surface area contributed by atoms with Crippen molar-refractivity contribution in [3.63, 3.8) is 0 Å². The Morgan fingerprint density at radius 3 is 2.49 bits per heavy atom. The number of rotatable bonds is 5. The molecule has 4 N–H and O–H groups in total. The van der Waals surface area contributed by atoms with Crippen molar-refractivity contribution in [2.24, 2.45) is 5.73 Å². The Morgan fingerprint density at radius 2 is 1.76 bits per heavy atom. The van der Waals surface area contributed by atoms with Crippen LogP contribution in [-0.2, 0) is 16.4 Å². The highest BCUT2D eigenvalue weighted by atomic mass is 32.2. The number of amides is 3. The van der Waals surface area contributed by atoms with E-state index in [0.717, 1.165) is 10.4 Å². The van der Waals surface area contributed by atoms with Crippen molar-refractivity contribution in [2.45, 2.75) is 23.3 Å². The zero-order chi connectivity index (χ0) is 26.3. The first kappa shape index (κ1) is 24.3. The largest absolute Gasteiger partial charge is 0.366 e. The van der Waals surface area contributed by atoms with Crippen LogP contribution in [0, 0.1) is 6.92 Å². The van der Waals surface area contributed by atoms with Crippen molar-refractivity contribution in [3.05, 3.63) is 94.0 Å². The molecule has 0 aliphatic carbocycles. The first-order valence-electron chi connectivity index (χ1n) is 11.1. The molecule has 2 heterocycles. The number of hydrogen-bond donors (Lipinski definition) is 3. The van der Waals surface area contributed by atoms with Crippen LogP contribution in [0.2, 0.25) is 0 Å². The van der Waals surface area contributed by atoms with Crippen LogP contribution >= 0.6 is 11.3 Å². The van der Waals surface area contributed by atoms with E-state index in [0.29, 0.717) is 16.1 Å². The van der Waals surface area contributed by atoms with Gasteiger partial charge in [-0.15, -0.1) is 11.3 Å². The maximum Gasteiger partial charge on any atom is 0.257 e. The predicted octanol–water partition coefficient (Wildman–Crippen LogP) is 3.55. The molecule has 0 fully saturated rings. The van der Waals surface area contributed by atoms with Gasteiger partial charge in [0.25, 0.3) is 11.8 Å². The molecule has 0 saturated heterocycles. The molecule has 3 amide bonds. The van der Waals surface area contributed by atoms with E-state index in [1.54, 1.807) is 49.5 Å². The summed E-state index contributed by atoms with van der Waals surface area (Å²) in [4.78, 5) is 42.1. The number of anilines is 1. The standard InChI is InChI=1S/C26H20N4O5S2/c1-14-18(10-11-21-22(14)30-25(33)19-4-2-3-5-20(19)37(21,34)35)24(32)28-12-17-13-29-26(36-17)16-8-6-15(7-9-16)23(27)31/h2-11,13H,12H2,1H3,(H2,27,31)(H,28,32)(H,30,33). The van der Waals surface area contributed by atoms with Crippen molar-refractivity contribution >= 4 is 44.6 Å². The Morgan fingerprint density at radius 1 is 1.03 bits per heavy atom. The average Bonchev–Trinajstić information content (AvgIpc) is 3.34. The molecule has 37 heavy (non-hydrogen) atoms. The minimum atomic E-state index is -3.97. The lowest BCUT2D eigenvalue weighted by atomic mass is 10.1. The third kappa shape index (κ3) is 4.39. The molecular weight excluding hydrogens is 512 g/mol. The minimum absolute atomic E-state index is 0.0503. The fourth-order valence-electron chi connectivity index (χ4n) is 4.06. The lowest BCUT2D eigenvalue weighted by Crippen LogP contribution is -2.24. The van der Waals surface area contributed by atoms with Crippen LogP contribution in [0.1, 0.15) is 41.5 Å². The number of fused-ring (bicyclic) bond motifs is 2. The lowest BCUT2D eigenvalue weighted by Gasteiger charge is -2.14. The van der Waals surface area contributed by atoms with Gasteiger partial charge in [0, 0.05) is 27.8 Å². The third-order valence-electron chi connectivity index (χ3n) is 6.01. The Labute approximate surface area is 216 Å². The fourth-order valence-corrected chi connectivity index (χ4v) is 6.58. The van der Waals surface area contributed by atoms with Crippen molar-refractivity contribution < 1.29 is 22.8 Å². The van der Waals surface area contributed by atoms with E-state index in [1.165, 1.54) is 35.6 Å². The molecule has 1 aliphatic heterocycles. The van der Waals surface area contributed by atoms with Crippen molar-refractivity contribution in [1.29, 1.82) is 0 Å². The quantitative estimate of drug-likeness (QED) is 0.358. The van der Waals surface area contributed by atoms with Crippen LogP contribution in [0.15, 0.2) is 76.7 Å². The Hall–Kier alpha value is -4.35. The van der Waals surface area contributed by atoms with Crippen LogP contribution in [-0.4, -0.2) is 31.1 Å². The van der Waals surface area contributed by atoms with Crippen LogP contribution in [0.5, 0.6) is 0 Å². The van der Waals surface area contributed by atoms with Crippen LogP contribution in [0.3, 0.4) is 0 Å². The smallest absolute Gasteiger partial charge is 0.257 e. The van der Waals surface area contributed by atoms with E-state index in [4.69, 9.17) is 5.73 Å². The maximum absolute atomic E-state index is 13.3. The van der Waals surface area contributed by atoms with Gasteiger partial charge in [-0.1, -0.05) is 24.3 Å². The predicted molar refractivity (Wildman–Crippen MR) is 138 cm³/mol. The van der Waals surface area contributed by atoms with Crippen LogP contribution in [0.4, 0.5) is 5.69 Å². The van der Waals surface area contributed by atoms with Gasteiger partial charge in [-0.3, -0.25) is 14.4 Å². The molecule has 0 radical (unpaired) electrons. The maximum atomic E-state index is 13.3. The topological polar surface area (TPSA) is 148 Å². The van der Waals surface area contributed by atoms with Gasteiger partial charge in [-0.05, 0) is 48.9 Å². The lowest BCUT2D eigenvalue weighted by molar-refractivity contribution is 0.0948. The van der Waals surface area contributed by atoms with E-state index in [-0.39, 0.29) is 33.2 Å².